The van der Waals surface area contributed by atoms with Gasteiger partial charge in [0.2, 0.25) is 0 Å². The topological polar surface area (TPSA) is 34.1 Å². The van der Waals surface area contributed by atoms with E-state index in [0.29, 0.717) is 17.9 Å². The molecule has 0 N–H and O–H groups in total. The average Bonchev–Trinajstić information content (AvgIpc) is 2.14. The maximum absolute atomic E-state index is 11.2. The normalized spacial score (nSPS) is 10.4. The predicted molar refractivity (Wildman–Crippen MR) is 77.6 cm³/mol. The van der Waals surface area contributed by atoms with Crippen molar-refractivity contribution < 1.29 is 9.59 Å². The van der Waals surface area contributed by atoms with E-state index in [1.807, 2.05) is 0 Å². The standard InChI is InChI=1S/C8Br4Cl2O2/c9-3-1(7(13)15)4(10)6(12)2(5(3)11)8(14)16. The van der Waals surface area contributed by atoms with Gasteiger partial charge in [0.15, 0.2) is 0 Å². The molecule has 1 rings (SSSR count). The van der Waals surface area contributed by atoms with Crippen LogP contribution in [0, 0.1) is 0 Å². The fourth-order valence-corrected chi connectivity index (χ4v) is 4.65. The first-order valence-electron chi connectivity index (χ1n) is 3.54. The molecule has 1 aromatic rings. The SMILES string of the molecule is O=C(Cl)c1c(Br)c(Br)c(C(=O)Cl)c(Br)c1Br. The summed E-state index contributed by atoms with van der Waals surface area (Å²) in [6, 6.07) is 0. The van der Waals surface area contributed by atoms with Gasteiger partial charge in [-0.2, -0.15) is 0 Å². The van der Waals surface area contributed by atoms with Crippen LogP contribution in [0.4, 0.5) is 0 Å². The summed E-state index contributed by atoms with van der Waals surface area (Å²) in [6.07, 6.45) is 0. The molecule has 86 valence electrons. The lowest BCUT2D eigenvalue weighted by atomic mass is 10.1. The van der Waals surface area contributed by atoms with Crippen molar-refractivity contribution in [3.8, 4) is 0 Å². The van der Waals surface area contributed by atoms with Crippen LogP contribution >= 0.6 is 86.9 Å². The van der Waals surface area contributed by atoms with Gasteiger partial charge >= 0.3 is 0 Å². The van der Waals surface area contributed by atoms with Crippen LogP contribution in [-0.2, 0) is 0 Å². The molecule has 1 aromatic carbocycles. The Bertz CT molecular complexity index is 427. The van der Waals surface area contributed by atoms with Gasteiger partial charge in [-0.1, -0.05) is 0 Å². The lowest BCUT2D eigenvalue weighted by molar-refractivity contribution is 0.106. The molecule has 16 heavy (non-hydrogen) atoms. The molecule has 0 aliphatic heterocycles. The minimum atomic E-state index is -0.659. The zero-order chi connectivity index (χ0) is 12.6. The van der Waals surface area contributed by atoms with Crippen molar-refractivity contribution in [1.29, 1.82) is 0 Å². The van der Waals surface area contributed by atoms with Crippen molar-refractivity contribution in [3.05, 3.63) is 29.0 Å². The summed E-state index contributed by atoms with van der Waals surface area (Å²) >= 11 is 23.5. The quantitative estimate of drug-likeness (QED) is 0.383. The highest BCUT2D eigenvalue weighted by Gasteiger charge is 2.25. The highest BCUT2D eigenvalue weighted by atomic mass is 79.9. The van der Waals surface area contributed by atoms with E-state index in [1.165, 1.54) is 0 Å². The first-order chi connectivity index (χ1) is 7.29. The Morgan fingerprint density at radius 3 is 1.00 bits per heavy atom. The fourth-order valence-electron chi connectivity index (χ4n) is 0.977. The molecule has 0 spiro atoms. The molecule has 2 nitrogen and oxygen atoms in total. The molecule has 0 bridgehead atoms. The fraction of sp³-hybridized carbons (Fsp3) is 0. The van der Waals surface area contributed by atoms with Gasteiger partial charge in [-0.3, -0.25) is 9.59 Å². The molecular weight excluding hydrogens is 519 g/mol. The summed E-state index contributed by atoms with van der Waals surface area (Å²) in [4.78, 5) is 22.4. The molecule has 0 amide bonds. The number of halogens is 6. The summed E-state index contributed by atoms with van der Waals surface area (Å²) in [5.41, 5.74) is 0.421. The van der Waals surface area contributed by atoms with E-state index in [0.717, 1.165) is 0 Å². The zero-order valence-corrected chi connectivity index (χ0v) is 14.9. The molecule has 0 aliphatic rings. The predicted octanol–water partition coefficient (Wildman–Crippen LogP) is 5.49. The van der Waals surface area contributed by atoms with Crippen LogP contribution in [0.15, 0.2) is 17.9 Å². The molecule has 0 saturated carbocycles. The Morgan fingerprint density at radius 2 is 0.875 bits per heavy atom. The Labute approximate surface area is 135 Å². The summed E-state index contributed by atoms with van der Waals surface area (Å²) in [5.74, 6) is 0. The lowest BCUT2D eigenvalue weighted by Crippen LogP contribution is -2.02. The van der Waals surface area contributed by atoms with E-state index < -0.39 is 10.5 Å². The van der Waals surface area contributed by atoms with Gasteiger partial charge in [0.25, 0.3) is 10.5 Å². The maximum Gasteiger partial charge on any atom is 0.254 e. The molecule has 0 saturated heterocycles. The Morgan fingerprint density at radius 1 is 0.688 bits per heavy atom. The van der Waals surface area contributed by atoms with Crippen molar-refractivity contribution in [3.63, 3.8) is 0 Å². The highest BCUT2D eigenvalue weighted by Crippen LogP contribution is 2.42. The second kappa shape index (κ2) is 5.80. The van der Waals surface area contributed by atoms with Crippen molar-refractivity contribution in [2.45, 2.75) is 0 Å². The van der Waals surface area contributed by atoms with Gasteiger partial charge in [-0.25, -0.2) is 0 Å². The number of carbonyl (C=O) groups is 2. The van der Waals surface area contributed by atoms with E-state index >= 15 is 0 Å². The third-order valence-electron chi connectivity index (χ3n) is 1.66. The Kier molecular flexibility index (Phi) is 5.48. The number of hydrogen-bond donors (Lipinski definition) is 0. The second-order valence-electron chi connectivity index (χ2n) is 2.55. The molecule has 0 aromatic heterocycles. The van der Waals surface area contributed by atoms with E-state index in [1.54, 1.807) is 0 Å². The second-order valence-corrected chi connectivity index (χ2v) is 6.41. The molecule has 0 unspecified atom stereocenters. The Hall–Kier alpha value is 1.06. The van der Waals surface area contributed by atoms with Crippen LogP contribution in [0.3, 0.4) is 0 Å². The summed E-state index contributed by atoms with van der Waals surface area (Å²) in [7, 11) is 0. The van der Waals surface area contributed by atoms with Crippen LogP contribution in [0.2, 0.25) is 0 Å². The lowest BCUT2D eigenvalue weighted by Gasteiger charge is -2.11. The average molecular weight is 519 g/mol. The number of hydrogen-bond acceptors (Lipinski definition) is 2. The molecule has 0 aliphatic carbocycles. The minimum Gasteiger partial charge on any atom is -0.276 e. The largest absolute Gasteiger partial charge is 0.276 e. The molecule has 0 heterocycles. The number of benzene rings is 1. The first-order valence-corrected chi connectivity index (χ1v) is 7.47. The van der Waals surface area contributed by atoms with Crippen molar-refractivity contribution in [2.75, 3.05) is 0 Å². The van der Waals surface area contributed by atoms with Gasteiger partial charge in [0.05, 0.1) is 11.1 Å². The van der Waals surface area contributed by atoms with Crippen molar-refractivity contribution >= 4 is 97.4 Å². The highest BCUT2D eigenvalue weighted by molar-refractivity contribution is 9.14. The van der Waals surface area contributed by atoms with Gasteiger partial charge in [0.1, 0.15) is 0 Å². The van der Waals surface area contributed by atoms with Crippen LogP contribution in [0.5, 0.6) is 0 Å². The van der Waals surface area contributed by atoms with E-state index in [-0.39, 0.29) is 11.1 Å². The van der Waals surface area contributed by atoms with Gasteiger partial charge in [-0.05, 0) is 86.9 Å². The van der Waals surface area contributed by atoms with Gasteiger partial charge in [-0.15, -0.1) is 0 Å². The summed E-state index contributed by atoms with van der Waals surface area (Å²) < 4.78 is 1.47. The van der Waals surface area contributed by atoms with Crippen LogP contribution < -0.4 is 0 Å². The van der Waals surface area contributed by atoms with Gasteiger partial charge < -0.3 is 0 Å². The third-order valence-corrected chi connectivity index (χ3v) is 6.27. The zero-order valence-electron chi connectivity index (χ0n) is 7.08. The monoisotopic (exact) mass is 514 g/mol. The van der Waals surface area contributed by atoms with Crippen LogP contribution in [0.1, 0.15) is 20.7 Å². The number of carbonyl (C=O) groups excluding carboxylic acids is 2. The maximum atomic E-state index is 11.2. The smallest absolute Gasteiger partial charge is 0.254 e. The molecule has 8 heteroatoms. The van der Waals surface area contributed by atoms with Crippen molar-refractivity contribution in [2.24, 2.45) is 0 Å². The van der Waals surface area contributed by atoms with Crippen LogP contribution in [0.25, 0.3) is 0 Å². The van der Waals surface area contributed by atoms with Crippen LogP contribution in [-0.4, -0.2) is 10.5 Å². The molecule has 0 fully saturated rings. The third kappa shape index (κ3) is 2.72. The summed E-state index contributed by atoms with van der Waals surface area (Å²) in [5, 5.41) is -1.32. The summed E-state index contributed by atoms with van der Waals surface area (Å²) in [6.45, 7) is 0. The van der Waals surface area contributed by atoms with Crippen molar-refractivity contribution in [1.82, 2.24) is 0 Å². The molecular formula is C8Br4Cl2O2. The first kappa shape index (κ1) is 15.1. The minimum absolute atomic E-state index is 0.210. The Balaban J connectivity index is 3.77. The molecule has 0 atom stereocenters. The van der Waals surface area contributed by atoms with Gasteiger partial charge in [0, 0.05) is 17.9 Å². The van der Waals surface area contributed by atoms with E-state index in [9.17, 15) is 9.59 Å². The van der Waals surface area contributed by atoms with E-state index in [4.69, 9.17) is 23.2 Å². The van der Waals surface area contributed by atoms with E-state index in [2.05, 4.69) is 63.7 Å². The molecule has 0 radical (unpaired) electrons. The number of rotatable bonds is 2.